The van der Waals surface area contributed by atoms with Gasteiger partial charge < -0.3 is 19.5 Å². The van der Waals surface area contributed by atoms with E-state index in [2.05, 4.69) is 5.32 Å². The van der Waals surface area contributed by atoms with Crippen molar-refractivity contribution in [2.24, 2.45) is 0 Å². The zero-order chi connectivity index (χ0) is 18.9. The lowest BCUT2D eigenvalue weighted by Gasteiger charge is -2.42. The standard InChI is InChI=1S/C22H21NO4/c1-25-17-11-7-15(8-12-17)22(16-9-13-18(26-2)14-10-16)21(24)23-19-5-3-4-6-20(19)27-22/h3-4,6-14,19H,5H2,1-2H3,(H,23,24). The highest BCUT2D eigenvalue weighted by molar-refractivity contribution is 5.92. The summed E-state index contributed by atoms with van der Waals surface area (Å²) in [6.45, 7) is 0. The first-order chi connectivity index (χ1) is 13.2. The fraction of sp³-hybridized carbons (Fsp3) is 0.227. The minimum atomic E-state index is -1.27. The fourth-order valence-corrected chi connectivity index (χ4v) is 3.53. The monoisotopic (exact) mass is 363 g/mol. The molecule has 0 bridgehead atoms. The van der Waals surface area contributed by atoms with Crippen molar-refractivity contribution in [2.75, 3.05) is 14.2 Å². The van der Waals surface area contributed by atoms with Gasteiger partial charge in [-0.3, -0.25) is 4.79 Å². The van der Waals surface area contributed by atoms with Crippen molar-refractivity contribution >= 4 is 5.91 Å². The first kappa shape index (κ1) is 17.2. The van der Waals surface area contributed by atoms with Crippen LogP contribution in [0.25, 0.3) is 0 Å². The Morgan fingerprint density at radius 2 is 1.52 bits per heavy atom. The molecule has 0 aromatic heterocycles. The van der Waals surface area contributed by atoms with E-state index in [1.165, 1.54) is 0 Å². The molecule has 1 saturated heterocycles. The van der Waals surface area contributed by atoms with Gasteiger partial charge in [0.2, 0.25) is 5.60 Å². The van der Waals surface area contributed by atoms with Crippen LogP contribution >= 0.6 is 0 Å². The van der Waals surface area contributed by atoms with E-state index >= 15 is 0 Å². The maximum Gasteiger partial charge on any atom is 0.274 e. The van der Waals surface area contributed by atoms with E-state index in [1.54, 1.807) is 14.2 Å². The van der Waals surface area contributed by atoms with Gasteiger partial charge in [0.1, 0.15) is 17.3 Å². The average molecular weight is 363 g/mol. The van der Waals surface area contributed by atoms with Crippen molar-refractivity contribution in [3.05, 3.63) is 83.6 Å². The fourth-order valence-electron chi connectivity index (χ4n) is 3.53. The van der Waals surface area contributed by atoms with Crippen LogP contribution in [0.4, 0.5) is 0 Å². The third-order valence-electron chi connectivity index (χ3n) is 5.00. The molecule has 5 heteroatoms. The number of amides is 1. The number of nitrogens with one attached hydrogen (secondary N) is 1. The van der Waals surface area contributed by atoms with E-state index in [0.717, 1.165) is 34.8 Å². The molecule has 1 aliphatic carbocycles. The molecule has 0 spiro atoms. The highest BCUT2D eigenvalue weighted by Gasteiger charge is 2.50. The number of fused-ring (bicyclic) bond motifs is 1. The molecule has 1 fully saturated rings. The minimum Gasteiger partial charge on any atom is -0.497 e. The molecule has 1 unspecified atom stereocenters. The van der Waals surface area contributed by atoms with Crippen LogP contribution in [0.1, 0.15) is 17.5 Å². The van der Waals surface area contributed by atoms with Gasteiger partial charge in [0.25, 0.3) is 5.91 Å². The second-order valence-electron chi connectivity index (χ2n) is 6.50. The molecule has 1 aliphatic heterocycles. The van der Waals surface area contributed by atoms with E-state index in [0.29, 0.717) is 0 Å². The summed E-state index contributed by atoms with van der Waals surface area (Å²) in [7, 11) is 3.23. The van der Waals surface area contributed by atoms with Crippen LogP contribution in [-0.4, -0.2) is 26.2 Å². The van der Waals surface area contributed by atoms with Crippen molar-refractivity contribution in [3.8, 4) is 11.5 Å². The molecule has 0 saturated carbocycles. The number of hydrogen-bond donors (Lipinski definition) is 1. The highest BCUT2D eigenvalue weighted by atomic mass is 16.5. The quantitative estimate of drug-likeness (QED) is 0.906. The Balaban J connectivity index is 1.86. The van der Waals surface area contributed by atoms with Gasteiger partial charge in [-0.05, 0) is 36.8 Å². The lowest BCUT2D eigenvalue weighted by atomic mass is 9.82. The third kappa shape index (κ3) is 2.85. The number of carbonyl (C=O) groups excluding carboxylic acids is 1. The van der Waals surface area contributed by atoms with Gasteiger partial charge in [-0.2, -0.15) is 0 Å². The predicted molar refractivity (Wildman–Crippen MR) is 102 cm³/mol. The lowest BCUT2D eigenvalue weighted by Crippen LogP contribution is -2.56. The van der Waals surface area contributed by atoms with Crippen LogP contribution < -0.4 is 14.8 Å². The predicted octanol–water partition coefficient (Wildman–Crippen LogP) is 3.31. The van der Waals surface area contributed by atoms with Crippen molar-refractivity contribution in [2.45, 2.75) is 18.1 Å². The van der Waals surface area contributed by atoms with Crippen molar-refractivity contribution < 1.29 is 19.0 Å². The summed E-state index contributed by atoms with van der Waals surface area (Å²) in [4.78, 5) is 13.3. The molecular weight excluding hydrogens is 342 g/mol. The number of rotatable bonds is 4. The molecule has 1 N–H and O–H groups in total. The molecule has 27 heavy (non-hydrogen) atoms. The minimum absolute atomic E-state index is 0.132. The summed E-state index contributed by atoms with van der Waals surface area (Å²) < 4.78 is 16.9. The average Bonchev–Trinajstić information content (AvgIpc) is 2.73. The molecule has 1 amide bonds. The topological polar surface area (TPSA) is 56.8 Å². The molecule has 4 rings (SSSR count). The maximum atomic E-state index is 13.3. The van der Waals surface area contributed by atoms with Crippen LogP contribution in [0.5, 0.6) is 11.5 Å². The number of carbonyl (C=O) groups is 1. The molecule has 2 aromatic carbocycles. The summed E-state index contributed by atoms with van der Waals surface area (Å²) in [6.07, 6.45) is 6.61. The Morgan fingerprint density at radius 1 is 0.963 bits per heavy atom. The largest absolute Gasteiger partial charge is 0.497 e. The SMILES string of the molecule is COc1ccc(C2(c3ccc(OC)cc3)OC3=CC=CCC3NC2=O)cc1. The number of allylic oxidation sites excluding steroid dienone is 2. The summed E-state index contributed by atoms with van der Waals surface area (Å²) in [5.74, 6) is 2.01. The van der Waals surface area contributed by atoms with E-state index in [1.807, 2.05) is 66.8 Å². The molecule has 2 aromatic rings. The first-order valence-electron chi connectivity index (χ1n) is 8.83. The van der Waals surface area contributed by atoms with Crippen molar-refractivity contribution in [1.29, 1.82) is 0 Å². The number of benzene rings is 2. The lowest BCUT2D eigenvalue weighted by molar-refractivity contribution is -0.145. The van der Waals surface area contributed by atoms with Gasteiger partial charge in [0.05, 0.1) is 20.3 Å². The van der Waals surface area contributed by atoms with Gasteiger partial charge >= 0.3 is 0 Å². The Labute approximate surface area is 158 Å². The molecule has 2 aliphatic rings. The van der Waals surface area contributed by atoms with Crippen LogP contribution in [0, 0.1) is 0 Å². The summed E-state index contributed by atoms with van der Waals surface area (Å²) in [5, 5.41) is 3.12. The molecular formula is C22H21NO4. The van der Waals surface area contributed by atoms with Crippen LogP contribution in [-0.2, 0) is 15.1 Å². The summed E-state index contributed by atoms with van der Waals surface area (Å²) in [5.41, 5.74) is 0.200. The first-order valence-corrected chi connectivity index (χ1v) is 8.83. The second kappa shape index (κ2) is 6.83. The number of methoxy groups -OCH3 is 2. The molecule has 1 atom stereocenters. The van der Waals surface area contributed by atoms with Crippen LogP contribution in [0.2, 0.25) is 0 Å². The van der Waals surface area contributed by atoms with Gasteiger partial charge in [-0.25, -0.2) is 0 Å². The number of ether oxygens (including phenoxy) is 3. The number of hydrogen-bond acceptors (Lipinski definition) is 4. The Morgan fingerprint density at radius 3 is 2.04 bits per heavy atom. The molecule has 1 heterocycles. The normalized spacial score (nSPS) is 20.0. The van der Waals surface area contributed by atoms with E-state index in [-0.39, 0.29) is 11.9 Å². The van der Waals surface area contributed by atoms with E-state index in [4.69, 9.17) is 14.2 Å². The second-order valence-corrected chi connectivity index (χ2v) is 6.50. The molecule has 5 nitrogen and oxygen atoms in total. The zero-order valence-corrected chi connectivity index (χ0v) is 15.3. The van der Waals surface area contributed by atoms with Gasteiger partial charge in [-0.15, -0.1) is 0 Å². The summed E-state index contributed by atoms with van der Waals surface area (Å²) in [6, 6.07) is 14.6. The van der Waals surface area contributed by atoms with Gasteiger partial charge in [0, 0.05) is 11.1 Å². The van der Waals surface area contributed by atoms with Crippen molar-refractivity contribution in [1.82, 2.24) is 5.32 Å². The Kier molecular flexibility index (Phi) is 4.36. The zero-order valence-electron chi connectivity index (χ0n) is 15.3. The Hall–Kier alpha value is -3.21. The van der Waals surface area contributed by atoms with E-state index < -0.39 is 5.60 Å². The smallest absolute Gasteiger partial charge is 0.274 e. The van der Waals surface area contributed by atoms with Crippen LogP contribution in [0.15, 0.2) is 72.5 Å². The highest BCUT2D eigenvalue weighted by Crippen LogP contribution is 2.41. The number of morpholine rings is 1. The molecule has 138 valence electrons. The van der Waals surface area contributed by atoms with Crippen molar-refractivity contribution in [3.63, 3.8) is 0 Å². The molecule has 0 radical (unpaired) electrons. The van der Waals surface area contributed by atoms with Gasteiger partial charge in [-0.1, -0.05) is 36.4 Å². The maximum absolute atomic E-state index is 13.3. The van der Waals surface area contributed by atoms with E-state index in [9.17, 15) is 4.79 Å². The third-order valence-corrected chi connectivity index (χ3v) is 5.00. The summed E-state index contributed by atoms with van der Waals surface area (Å²) >= 11 is 0. The Bertz CT molecular complexity index is 849. The van der Waals surface area contributed by atoms with Gasteiger partial charge in [0.15, 0.2) is 0 Å². The van der Waals surface area contributed by atoms with Crippen LogP contribution in [0.3, 0.4) is 0 Å².